The molecule has 1 aliphatic carbocycles. The standard InChI is InChI=1S/C24H19F3N6O2/c25-24(26,27)15-5-6-30-19(9-15)31-23(34)14-3-1-13(2-4-14)22-32-21(20-16-11-35-12-17(16)20)18-10-29-7-8-33(18,22)28/h1-10,16-17,20H,11-12,28H2/p+1/t16-,17+,20?,33?. The molecule has 1 saturated heterocycles. The van der Waals surface area contributed by atoms with Gasteiger partial charge in [-0.05, 0) is 48.2 Å². The van der Waals surface area contributed by atoms with Crippen LogP contribution in [0.5, 0.6) is 0 Å². The number of alkyl halides is 3. The van der Waals surface area contributed by atoms with Crippen molar-refractivity contribution in [2.45, 2.75) is 6.18 Å². The molecule has 1 aromatic heterocycles. The first kappa shape index (κ1) is 21.8. The van der Waals surface area contributed by atoms with Gasteiger partial charge in [-0.25, -0.2) is 4.98 Å². The third-order valence-corrected chi connectivity index (χ3v) is 6.82. The number of carbonyl (C=O) groups is 1. The Hall–Kier alpha value is -3.67. The predicted molar refractivity (Wildman–Crippen MR) is 121 cm³/mol. The fourth-order valence-corrected chi connectivity index (χ4v) is 4.93. The Morgan fingerprint density at radius 2 is 1.89 bits per heavy atom. The third kappa shape index (κ3) is 3.59. The van der Waals surface area contributed by atoms with E-state index in [1.807, 2.05) is 0 Å². The highest BCUT2D eigenvalue weighted by Gasteiger charge is 2.60. The molecule has 4 heterocycles. The summed E-state index contributed by atoms with van der Waals surface area (Å²) in [4.78, 5) is 25.6. The minimum Gasteiger partial charge on any atom is -0.381 e. The number of rotatable bonds is 4. The van der Waals surface area contributed by atoms with Crippen molar-refractivity contribution in [3.63, 3.8) is 0 Å². The molecule has 2 aromatic rings. The van der Waals surface area contributed by atoms with Crippen LogP contribution in [0.25, 0.3) is 0 Å². The van der Waals surface area contributed by atoms with Crippen LogP contribution < -0.4 is 11.2 Å². The Bertz CT molecular complexity index is 1340. The van der Waals surface area contributed by atoms with E-state index in [1.165, 1.54) is 0 Å². The molecule has 2 unspecified atom stereocenters. The molecule has 1 aromatic carbocycles. The first-order valence-electron chi connectivity index (χ1n) is 11.0. The summed E-state index contributed by atoms with van der Waals surface area (Å²) in [5.74, 6) is 7.79. The number of aliphatic imine (C=N–C) groups is 2. The second kappa shape index (κ2) is 7.67. The lowest BCUT2D eigenvalue weighted by molar-refractivity contribution is -0.750. The molecule has 0 radical (unpaired) electrons. The number of nitrogens with two attached hydrogens (primary N) is 1. The number of nitrogens with zero attached hydrogens (tertiary/aromatic N) is 4. The number of allylic oxidation sites excluding steroid dienone is 2. The van der Waals surface area contributed by atoms with Crippen molar-refractivity contribution >= 4 is 23.8 Å². The predicted octanol–water partition coefficient (Wildman–Crippen LogP) is 3.46. The van der Waals surface area contributed by atoms with Crippen molar-refractivity contribution in [2.24, 2.45) is 33.6 Å². The molecule has 1 amide bonds. The molecular weight excluding hydrogens is 461 g/mol. The number of nitrogens with one attached hydrogen (secondary N) is 1. The van der Waals surface area contributed by atoms with E-state index in [4.69, 9.17) is 15.6 Å². The fraction of sp³-hybridized carbons (Fsp3) is 0.250. The SMILES string of the molecule is N[N+]12C=CN=CC1=C(C1[C@H]3COC[C@@H]13)N=C2c1ccc(C(=O)Nc2cc(C(F)(F)F)ccn2)cc1. The number of hydrogen-bond donors (Lipinski definition) is 2. The Morgan fingerprint density at radius 3 is 2.60 bits per heavy atom. The summed E-state index contributed by atoms with van der Waals surface area (Å²) >= 11 is 0. The average molecular weight is 481 g/mol. The number of pyridine rings is 1. The Labute approximate surface area is 197 Å². The number of amidine groups is 1. The highest BCUT2D eigenvalue weighted by atomic mass is 19.4. The van der Waals surface area contributed by atoms with E-state index < -0.39 is 17.6 Å². The molecule has 1 saturated carbocycles. The van der Waals surface area contributed by atoms with E-state index in [-0.39, 0.29) is 16.0 Å². The minimum atomic E-state index is -4.53. The highest BCUT2D eigenvalue weighted by molar-refractivity contribution is 6.05. The average Bonchev–Trinajstić information content (AvgIpc) is 3.15. The van der Waals surface area contributed by atoms with Gasteiger partial charge in [-0.15, -0.1) is 4.59 Å². The summed E-state index contributed by atoms with van der Waals surface area (Å²) < 4.78 is 44.2. The van der Waals surface area contributed by atoms with Crippen LogP contribution in [0.15, 0.2) is 76.4 Å². The summed E-state index contributed by atoms with van der Waals surface area (Å²) in [6.45, 7) is 1.44. The number of benzene rings is 1. The first-order valence-corrected chi connectivity index (χ1v) is 11.0. The molecule has 0 bridgehead atoms. The van der Waals surface area contributed by atoms with E-state index >= 15 is 0 Å². The van der Waals surface area contributed by atoms with Gasteiger partial charge < -0.3 is 10.1 Å². The number of hydrogen-bond acceptors (Lipinski definition) is 6. The van der Waals surface area contributed by atoms with Gasteiger partial charge in [0.25, 0.3) is 11.7 Å². The van der Waals surface area contributed by atoms with Gasteiger partial charge >= 0.3 is 6.18 Å². The van der Waals surface area contributed by atoms with Gasteiger partial charge in [0, 0.05) is 17.7 Å². The van der Waals surface area contributed by atoms with E-state index in [1.54, 1.807) is 42.9 Å². The van der Waals surface area contributed by atoms with Gasteiger partial charge in [0.2, 0.25) is 5.70 Å². The number of anilines is 1. The summed E-state index contributed by atoms with van der Waals surface area (Å²) in [5, 5.41) is 2.41. The molecule has 0 spiro atoms. The van der Waals surface area contributed by atoms with Crippen molar-refractivity contribution in [2.75, 3.05) is 18.5 Å². The van der Waals surface area contributed by atoms with Gasteiger partial charge in [0.15, 0.2) is 0 Å². The van der Waals surface area contributed by atoms with Gasteiger partial charge in [0.05, 0.1) is 36.8 Å². The van der Waals surface area contributed by atoms with Crippen LogP contribution in [0.1, 0.15) is 21.5 Å². The van der Waals surface area contributed by atoms with E-state index in [9.17, 15) is 18.0 Å². The van der Waals surface area contributed by atoms with Crippen LogP contribution in [0.4, 0.5) is 19.0 Å². The van der Waals surface area contributed by atoms with Crippen molar-refractivity contribution in [1.82, 2.24) is 4.98 Å². The maximum atomic E-state index is 12.9. The molecule has 6 rings (SSSR count). The maximum absolute atomic E-state index is 12.9. The summed E-state index contributed by atoms with van der Waals surface area (Å²) in [6.07, 6.45) is 1.60. The Balaban J connectivity index is 1.24. The van der Waals surface area contributed by atoms with E-state index in [0.717, 1.165) is 48.5 Å². The third-order valence-electron chi connectivity index (χ3n) is 6.82. The number of ether oxygens (including phenoxy) is 1. The molecule has 2 fully saturated rings. The summed E-state index contributed by atoms with van der Waals surface area (Å²) in [7, 11) is 0. The molecular formula is C24H20F3N6O2+. The molecule has 11 heteroatoms. The lowest BCUT2D eigenvalue weighted by atomic mass is 10.1. The van der Waals surface area contributed by atoms with Crippen molar-refractivity contribution < 1.29 is 27.3 Å². The fourth-order valence-electron chi connectivity index (χ4n) is 4.93. The van der Waals surface area contributed by atoms with Crippen LogP contribution in [0.2, 0.25) is 0 Å². The Morgan fingerprint density at radius 1 is 1.14 bits per heavy atom. The molecule has 8 nitrogen and oxygen atoms in total. The van der Waals surface area contributed by atoms with Crippen molar-refractivity contribution in [3.8, 4) is 0 Å². The van der Waals surface area contributed by atoms with Gasteiger partial charge in [-0.2, -0.15) is 24.0 Å². The quantitative estimate of drug-likeness (QED) is 0.516. The topological polar surface area (TPSA) is 102 Å². The highest BCUT2D eigenvalue weighted by Crippen LogP contribution is 2.57. The van der Waals surface area contributed by atoms with E-state index in [0.29, 0.717) is 23.6 Å². The van der Waals surface area contributed by atoms with Crippen LogP contribution in [-0.2, 0) is 10.9 Å². The number of carbonyl (C=O) groups excluding carboxylic acids is 1. The largest absolute Gasteiger partial charge is 0.416 e. The van der Waals surface area contributed by atoms with Crippen LogP contribution >= 0.6 is 0 Å². The second-order valence-electron chi connectivity index (χ2n) is 8.91. The van der Waals surface area contributed by atoms with Crippen LogP contribution in [0.3, 0.4) is 0 Å². The normalized spacial score (nSPS) is 28.6. The lowest BCUT2D eigenvalue weighted by Gasteiger charge is -2.26. The van der Waals surface area contributed by atoms with Crippen molar-refractivity contribution in [3.05, 3.63) is 83.1 Å². The second-order valence-corrected chi connectivity index (χ2v) is 8.91. The number of aromatic nitrogens is 1. The zero-order chi connectivity index (χ0) is 24.4. The monoisotopic (exact) mass is 481 g/mol. The zero-order valence-electron chi connectivity index (χ0n) is 18.2. The first-order chi connectivity index (χ1) is 16.8. The zero-order valence-corrected chi connectivity index (χ0v) is 18.2. The Kier molecular flexibility index (Phi) is 4.78. The number of amides is 1. The molecule has 3 aliphatic heterocycles. The molecule has 4 atom stereocenters. The smallest absolute Gasteiger partial charge is 0.381 e. The van der Waals surface area contributed by atoms with Crippen molar-refractivity contribution in [1.29, 1.82) is 0 Å². The van der Waals surface area contributed by atoms with E-state index in [2.05, 4.69) is 15.3 Å². The van der Waals surface area contributed by atoms with Crippen LogP contribution in [0, 0.1) is 17.8 Å². The summed E-state index contributed by atoms with van der Waals surface area (Å²) in [5.41, 5.74) is 1.83. The molecule has 3 N–H and O–H groups in total. The lowest BCUT2D eigenvalue weighted by Crippen LogP contribution is -2.53. The van der Waals surface area contributed by atoms with Crippen LogP contribution in [-0.4, -0.2) is 40.7 Å². The van der Waals surface area contributed by atoms with Gasteiger partial charge in [-0.3, -0.25) is 9.79 Å². The maximum Gasteiger partial charge on any atom is 0.416 e. The number of fused-ring (bicyclic) bond motifs is 2. The minimum absolute atomic E-state index is 0.116. The van der Waals surface area contributed by atoms with Gasteiger partial charge in [0.1, 0.15) is 17.7 Å². The summed E-state index contributed by atoms with van der Waals surface area (Å²) in [6, 6.07) is 8.22. The number of quaternary nitrogens is 1. The molecule has 4 aliphatic rings. The molecule has 178 valence electrons. The van der Waals surface area contributed by atoms with Gasteiger partial charge in [-0.1, -0.05) is 0 Å². The number of halogens is 3. The molecule has 35 heavy (non-hydrogen) atoms.